The number of hydrogen-bond acceptors (Lipinski definition) is 6. The first kappa shape index (κ1) is 19.8. The monoisotopic (exact) mass is 314 g/mol. The van der Waals surface area contributed by atoms with Crippen LogP contribution in [0.3, 0.4) is 0 Å². The summed E-state index contributed by atoms with van der Waals surface area (Å²) in [4.78, 5) is 56.4. The summed E-state index contributed by atoms with van der Waals surface area (Å²) in [6, 6.07) is 0. The van der Waals surface area contributed by atoms with Gasteiger partial charge < -0.3 is 15.4 Å². The van der Waals surface area contributed by atoms with E-state index < -0.39 is 35.5 Å². The van der Waals surface area contributed by atoms with Crippen LogP contribution in [0, 0.1) is 0 Å². The molecule has 0 heterocycles. The number of carbonyl (C=O) groups is 5. The number of ketones is 2. The van der Waals surface area contributed by atoms with E-state index in [0.717, 1.165) is 0 Å². The van der Waals surface area contributed by atoms with Crippen LogP contribution in [-0.2, 0) is 28.7 Å². The van der Waals surface area contributed by atoms with Crippen molar-refractivity contribution in [2.45, 2.75) is 46.1 Å². The topological polar surface area (TPSA) is 119 Å². The minimum atomic E-state index is -0.852. The standard InChI is InChI=1S/C14H22N2O6/c1-4-10(17)13(20)15-7-9(22-12(19)6-3)8-16-14(21)11(18)5-2/h9H,4-8H2,1-3H3,(H,15,20)(H,16,21). The highest BCUT2D eigenvalue weighted by Crippen LogP contribution is 1.95. The second-order valence-electron chi connectivity index (χ2n) is 4.44. The zero-order chi connectivity index (χ0) is 17.1. The summed E-state index contributed by atoms with van der Waals surface area (Å²) < 4.78 is 5.04. The Hall–Kier alpha value is -2.25. The maximum Gasteiger partial charge on any atom is 0.305 e. The van der Waals surface area contributed by atoms with Gasteiger partial charge in [0, 0.05) is 19.3 Å². The predicted molar refractivity (Wildman–Crippen MR) is 76.8 cm³/mol. The zero-order valence-corrected chi connectivity index (χ0v) is 13.1. The Bertz CT molecular complexity index is 415. The van der Waals surface area contributed by atoms with Crippen molar-refractivity contribution in [3.05, 3.63) is 0 Å². The summed E-state index contributed by atoms with van der Waals surface area (Å²) in [6.07, 6.45) is -0.602. The van der Waals surface area contributed by atoms with Gasteiger partial charge in [-0.05, 0) is 0 Å². The number of rotatable bonds is 10. The lowest BCUT2D eigenvalue weighted by Gasteiger charge is -2.18. The smallest absolute Gasteiger partial charge is 0.305 e. The van der Waals surface area contributed by atoms with E-state index in [1.165, 1.54) is 0 Å². The number of Topliss-reactive ketones (excluding diaryl/α,β-unsaturated/α-hetero) is 2. The van der Waals surface area contributed by atoms with Crippen molar-refractivity contribution < 1.29 is 28.7 Å². The van der Waals surface area contributed by atoms with Gasteiger partial charge in [-0.2, -0.15) is 0 Å². The van der Waals surface area contributed by atoms with Gasteiger partial charge in [0.1, 0.15) is 6.10 Å². The van der Waals surface area contributed by atoms with Crippen LogP contribution in [0.5, 0.6) is 0 Å². The quantitative estimate of drug-likeness (QED) is 0.414. The summed E-state index contributed by atoms with van der Waals surface area (Å²) >= 11 is 0. The molecule has 2 N–H and O–H groups in total. The highest BCUT2D eigenvalue weighted by molar-refractivity contribution is 6.36. The molecule has 0 aromatic heterocycles. The summed E-state index contributed by atoms with van der Waals surface area (Å²) in [5, 5.41) is 4.66. The Morgan fingerprint density at radius 3 is 1.50 bits per heavy atom. The molecule has 0 spiro atoms. The molecule has 0 unspecified atom stereocenters. The van der Waals surface area contributed by atoms with Crippen LogP contribution in [0.1, 0.15) is 40.0 Å². The van der Waals surface area contributed by atoms with Gasteiger partial charge in [-0.15, -0.1) is 0 Å². The Morgan fingerprint density at radius 2 is 1.18 bits per heavy atom. The molecule has 0 atom stereocenters. The normalized spacial score (nSPS) is 10.0. The Kier molecular flexibility index (Phi) is 9.40. The van der Waals surface area contributed by atoms with Crippen molar-refractivity contribution in [3.8, 4) is 0 Å². The average molecular weight is 314 g/mol. The van der Waals surface area contributed by atoms with Crippen molar-refractivity contribution in [2.75, 3.05) is 13.1 Å². The first-order valence-corrected chi connectivity index (χ1v) is 7.17. The van der Waals surface area contributed by atoms with Crippen molar-refractivity contribution in [1.82, 2.24) is 10.6 Å². The molecule has 0 aliphatic rings. The van der Waals surface area contributed by atoms with Gasteiger partial charge in [-0.1, -0.05) is 20.8 Å². The van der Waals surface area contributed by atoms with E-state index in [1.807, 2.05) is 0 Å². The largest absolute Gasteiger partial charge is 0.459 e. The Morgan fingerprint density at radius 1 is 0.773 bits per heavy atom. The molecule has 22 heavy (non-hydrogen) atoms. The maximum atomic E-state index is 11.4. The van der Waals surface area contributed by atoms with Crippen LogP contribution in [0.4, 0.5) is 0 Å². The third kappa shape index (κ3) is 7.51. The van der Waals surface area contributed by atoms with E-state index >= 15 is 0 Å². The molecule has 124 valence electrons. The molecule has 0 saturated heterocycles. The minimum Gasteiger partial charge on any atom is -0.459 e. The van der Waals surface area contributed by atoms with E-state index in [9.17, 15) is 24.0 Å². The predicted octanol–water partition coefficient (Wildman–Crippen LogP) is -0.501. The number of nitrogens with one attached hydrogen (secondary N) is 2. The van der Waals surface area contributed by atoms with Crippen LogP contribution in [0.2, 0.25) is 0 Å². The van der Waals surface area contributed by atoms with E-state index in [0.29, 0.717) is 0 Å². The number of hydrogen-bond donors (Lipinski definition) is 2. The molecule has 0 aliphatic heterocycles. The van der Waals surface area contributed by atoms with Gasteiger partial charge in [0.25, 0.3) is 11.8 Å². The lowest BCUT2D eigenvalue weighted by molar-refractivity contribution is -0.149. The SMILES string of the molecule is CCC(=O)OC(CNC(=O)C(=O)CC)CNC(=O)C(=O)CC. The summed E-state index contributed by atoms with van der Waals surface area (Å²) in [7, 11) is 0. The number of esters is 1. The van der Waals surface area contributed by atoms with Gasteiger partial charge in [-0.25, -0.2) is 0 Å². The first-order valence-electron chi connectivity index (χ1n) is 7.17. The van der Waals surface area contributed by atoms with Gasteiger partial charge in [0.2, 0.25) is 11.6 Å². The molecular weight excluding hydrogens is 292 g/mol. The molecule has 0 radical (unpaired) electrons. The molecule has 0 rings (SSSR count). The minimum absolute atomic E-state index is 0.0625. The van der Waals surface area contributed by atoms with Crippen LogP contribution in [-0.4, -0.2) is 48.5 Å². The third-order valence-electron chi connectivity index (χ3n) is 2.72. The van der Waals surface area contributed by atoms with Crippen LogP contribution in [0.15, 0.2) is 0 Å². The van der Waals surface area contributed by atoms with Crippen molar-refractivity contribution in [2.24, 2.45) is 0 Å². The summed E-state index contributed by atoms with van der Waals surface area (Å²) in [5.41, 5.74) is 0. The lowest BCUT2D eigenvalue weighted by Crippen LogP contribution is -2.45. The maximum absolute atomic E-state index is 11.4. The third-order valence-corrected chi connectivity index (χ3v) is 2.72. The highest BCUT2D eigenvalue weighted by Gasteiger charge is 2.19. The Balaban J connectivity index is 4.53. The summed E-state index contributed by atoms with van der Waals surface area (Å²) in [5.74, 6) is -3.26. The second-order valence-corrected chi connectivity index (χ2v) is 4.44. The highest BCUT2D eigenvalue weighted by atomic mass is 16.5. The molecule has 8 nitrogen and oxygen atoms in total. The van der Waals surface area contributed by atoms with Gasteiger partial charge in [0.05, 0.1) is 13.1 Å². The van der Waals surface area contributed by atoms with E-state index in [4.69, 9.17) is 4.74 Å². The molecular formula is C14H22N2O6. The molecule has 0 aromatic carbocycles. The van der Waals surface area contributed by atoms with Crippen LogP contribution >= 0.6 is 0 Å². The van der Waals surface area contributed by atoms with Crippen molar-refractivity contribution in [1.29, 1.82) is 0 Å². The number of carbonyl (C=O) groups excluding carboxylic acids is 5. The van der Waals surface area contributed by atoms with Gasteiger partial charge in [-0.3, -0.25) is 24.0 Å². The fourth-order valence-electron chi connectivity index (χ4n) is 1.36. The van der Waals surface area contributed by atoms with Crippen molar-refractivity contribution in [3.63, 3.8) is 0 Å². The second kappa shape index (κ2) is 10.5. The fraction of sp³-hybridized carbons (Fsp3) is 0.643. The molecule has 0 bridgehead atoms. The molecule has 8 heteroatoms. The number of ether oxygens (including phenoxy) is 1. The molecule has 0 saturated carbocycles. The van der Waals surface area contributed by atoms with Gasteiger partial charge >= 0.3 is 5.97 Å². The summed E-state index contributed by atoms with van der Waals surface area (Å²) in [6.45, 7) is 4.44. The first-order chi connectivity index (χ1) is 10.3. The molecule has 0 aromatic rings. The van der Waals surface area contributed by atoms with Crippen LogP contribution < -0.4 is 10.6 Å². The average Bonchev–Trinajstić information content (AvgIpc) is 2.54. The zero-order valence-electron chi connectivity index (χ0n) is 13.1. The molecule has 0 aliphatic carbocycles. The van der Waals surface area contributed by atoms with Gasteiger partial charge in [0.15, 0.2) is 0 Å². The van der Waals surface area contributed by atoms with E-state index in [-0.39, 0.29) is 32.4 Å². The van der Waals surface area contributed by atoms with Crippen molar-refractivity contribution >= 4 is 29.4 Å². The lowest BCUT2D eigenvalue weighted by atomic mass is 10.2. The Labute approximate surface area is 129 Å². The molecule has 0 fully saturated rings. The van der Waals surface area contributed by atoms with E-state index in [2.05, 4.69) is 10.6 Å². The molecule has 2 amide bonds. The van der Waals surface area contributed by atoms with Crippen LogP contribution in [0.25, 0.3) is 0 Å². The van der Waals surface area contributed by atoms with E-state index in [1.54, 1.807) is 20.8 Å². The number of amides is 2. The fourth-order valence-corrected chi connectivity index (χ4v) is 1.36.